The molecule has 1 aromatic carbocycles. The van der Waals surface area contributed by atoms with E-state index in [1.807, 2.05) is 0 Å². The van der Waals surface area contributed by atoms with Crippen molar-refractivity contribution in [1.82, 2.24) is 4.90 Å². The summed E-state index contributed by atoms with van der Waals surface area (Å²) in [7, 11) is 0. The van der Waals surface area contributed by atoms with Crippen LogP contribution in [-0.4, -0.2) is 23.9 Å². The van der Waals surface area contributed by atoms with Crippen LogP contribution in [0.5, 0.6) is 0 Å². The predicted molar refractivity (Wildman–Crippen MR) is 88.1 cm³/mol. The number of piperidine rings is 1. The van der Waals surface area contributed by atoms with Crippen molar-refractivity contribution in [2.24, 2.45) is 17.3 Å². The van der Waals surface area contributed by atoms with Gasteiger partial charge < -0.3 is 4.90 Å². The Morgan fingerprint density at radius 1 is 1.19 bits per heavy atom. The van der Waals surface area contributed by atoms with Crippen molar-refractivity contribution in [3.05, 3.63) is 35.9 Å². The maximum absolute atomic E-state index is 12.5. The molecule has 1 aliphatic heterocycles. The number of likely N-dealkylation sites (tertiary alicyclic amines) is 1. The Labute approximate surface area is 129 Å². The highest BCUT2D eigenvalue weighted by Crippen LogP contribution is 2.29. The van der Waals surface area contributed by atoms with E-state index in [2.05, 4.69) is 62.9 Å². The molecule has 116 valence electrons. The minimum Gasteiger partial charge on any atom is -0.342 e. The van der Waals surface area contributed by atoms with Crippen molar-refractivity contribution >= 4 is 5.91 Å². The predicted octanol–water partition coefficient (Wildman–Crippen LogP) is 4.15. The van der Waals surface area contributed by atoms with Crippen LogP contribution >= 0.6 is 0 Å². The molecule has 1 amide bonds. The standard InChI is InChI=1S/C19H29NO/c1-15(19(2,3)4)18(21)20-12-10-17(11-13-20)14-16-8-6-5-7-9-16/h5-9,15,17H,10-14H2,1-4H3. The van der Waals surface area contributed by atoms with E-state index in [-0.39, 0.29) is 11.3 Å². The van der Waals surface area contributed by atoms with Crippen molar-refractivity contribution in [3.8, 4) is 0 Å². The van der Waals surface area contributed by atoms with Crippen molar-refractivity contribution in [2.75, 3.05) is 13.1 Å². The van der Waals surface area contributed by atoms with E-state index in [1.165, 1.54) is 5.56 Å². The fourth-order valence-corrected chi connectivity index (χ4v) is 2.95. The Bertz CT molecular complexity index is 452. The first-order valence-electron chi connectivity index (χ1n) is 8.20. The maximum Gasteiger partial charge on any atom is 0.225 e. The summed E-state index contributed by atoms with van der Waals surface area (Å²) in [4.78, 5) is 14.6. The molecule has 21 heavy (non-hydrogen) atoms. The minimum absolute atomic E-state index is 0.0535. The molecule has 0 aromatic heterocycles. The summed E-state index contributed by atoms with van der Waals surface area (Å²) in [5, 5.41) is 0. The summed E-state index contributed by atoms with van der Waals surface area (Å²) in [5.41, 5.74) is 1.48. The molecule has 0 radical (unpaired) electrons. The topological polar surface area (TPSA) is 20.3 Å². The molecule has 2 heteroatoms. The number of nitrogens with zero attached hydrogens (tertiary/aromatic N) is 1. The third-order valence-corrected chi connectivity index (χ3v) is 4.96. The van der Waals surface area contributed by atoms with Crippen LogP contribution in [-0.2, 0) is 11.2 Å². The summed E-state index contributed by atoms with van der Waals surface area (Å²) in [6, 6.07) is 10.7. The number of amides is 1. The molecule has 1 heterocycles. The van der Waals surface area contributed by atoms with Crippen molar-refractivity contribution in [3.63, 3.8) is 0 Å². The summed E-state index contributed by atoms with van der Waals surface area (Å²) in [6.07, 6.45) is 3.42. The van der Waals surface area contributed by atoms with Crippen LogP contribution in [0.15, 0.2) is 30.3 Å². The smallest absolute Gasteiger partial charge is 0.225 e. The second-order valence-electron chi connectivity index (χ2n) is 7.55. The number of benzene rings is 1. The van der Waals surface area contributed by atoms with Gasteiger partial charge in [0.25, 0.3) is 0 Å². The van der Waals surface area contributed by atoms with Crippen molar-refractivity contribution in [1.29, 1.82) is 0 Å². The van der Waals surface area contributed by atoms with Crippen LogP contribution in [0.4, 0.5) is 0 Å². The highest BCUT2D eigenvalue weighted by molar-refractivity contribution is 5.79. The normalized spacial score (nSPS) is 18.6. The average molecular weight is 287 g/mol. The molecular formula is C19H29NO. The van der Waals surface area contributed by atoms with Gasteiger partial charge in [-0.3, -0.25) is 4.79 Å². The quantitative estimate of drug-likeness (QED) is 0.818. The number of carbonyl (C=O) groups is 1. The van der Waals surface area contributed by atoms with Gasteiger partial charge in [-0.2, -0.15) is 0 Å². The van der Waals surface area contributed by atoms with Crippen LogP contribution in [0.2, 0.25) is 0 Å². The molecule has 1 aliphatic rings. The second-order valence-corrected chi connectivity index (χ2v) is 7.55. The molecule has 2 rings (SSSR count). The Balaban J connectivity index is 1.84. The van der Waals surface area contributed by atoms with Crippen molar-refractivity contribution in [2.45, 2.75) is 47.0 Å². The maximum atomic E-state index is 12.5. The van der Waals surface area contributed by atoms with Crippen LogP contribution in [0.25, 0.3) is 0 Å². The molecule has 2 nitrogen and oxygen atoms in total. The zero-order valence-electron chi connectivity index (χ0n) is 13.9. The van der Waals surface area contributed by atoms with Gasteiger partial charge in [-0.1, -0.05) is 58.0 Å². The molecule has 1 atom stereocenters. The number of rotatable bonds is 3. The summed E-state index contributed by atoms with van der Waals surface area (Å²) in [5.74, 6) is 1.16. The first-order chi connectivity index (χ1) is 9.88. The van der Waals surface area contributed by atoms with E-state index >= 15 is 0 Å². The second kappa shape index (κ2) is 6.64. The minimum atomic E-state index is 0.0535. The van der Waals surface area contributed by atoms with Crippen LogP contribution in [0.1, 0.15) is 46.1 Å². The Morgan fingerprint density at radius 3 is 2.29 bits per heavy atom. The van der Waals surface area contributed by atoms with Gasteiger partial charge in [0.05, 0.1) is 0 Å². The van der Waals surface area contributed by atoms with Gasteiger partial charge in [0.15, 0.2) is 0 Å². The monoisotopic (exact) mass is 287 g/mol. The fraction of sp³-hybridized carbons (Fsp3) is 0.632. The highest BCUT2D eigenvalue weighted by atomic mass is 16.2. The molecule has 0 bridgehead atoms. The Kier molecular flexibility index (Phi) is 5.08. The molecular weight excluding hydrogens is 258 g/mol. The van der Waals surface area contributed by atoms with Crippen LogP contribution in [0.3, 0.4) is 0 Å². The van der Waals surface area contributed by atoms with Gasteiger partial charge >= 0.3 is 0 Å². The largest absolute Gasteiger partial charge is 0.342 e. The fourth-order valence-electron chi connectivity index (χ4n) is 2.95. The molecule has 0 N–H and O–H groups in total. The summed E-state index contributed by atoms with van der Waals surface area (Å²) >= 11 is 0. The van der Waals surface area contributed by atoms with Crippen molar-refractivity contribution < 1.29 is 4.79 Å². The van der Waals surface area contributed by atoms with E-state index in [9.17, 15) is 4.79 Å². The molecule has 0 spiro atoms. The van der Waals surface area contributed by atoms with Gasteiger partial charge in [0.2, 0.25) is 5.91 Å². The van der Waals surface area contributed by atoms with E-state index in [0.717, 1.165) is 38.3 Å². The first-order valence-corrected chi connectivity index (χ1v) is 8.20. The van der Waals surface area contributed by atoms with Gasteiger partial charge in [-0.15, -0.1) is 0 Å². The van der Waals surface area contributed by atoms with Gasteiger partial charge in [-0.25, -0.2) is 0 Å². The molecule has 1 saturated heterocycles. The SMILES string of the molecule is CC(C(=O)N1CCC(Cc2ccccc2)CC1)C(C)(C)C. The molecule has 0 aliphatic carbocycles. The lowest BCUT2D eigenvalue weighted by atomic mass is 9.80. The van der Waals surface area contributed by atoms with E-state index in [0.29, 0.717) is 5.91 Å². The lowest BCUT2D eigenvalue weighted by Gasteiger charge is -2.36. The lowest BCUT2D eigenvalue weighted by molar-refractivity contribution is -0.139. The third-order valence-electron chi connectivity index (χ3n) is 4.96. The van der Waals surface area contributed by atoms with Gasteiger partial charge in [0.1, 0.15) is 0 Å². The lowest BCUT2D eigenvalue weighted by Crippen LogP contribution is -2.44. The van der Waals surface area contributed by atoms with Gasteiger partial charge in [-0.05, 0) is 36.2 Å². The number of hydrogen-bond donors (Lipinski definition) is 0. The zero-order valence-corrected chi connectivity index (χ0v) is 13.9. The van der Waals surface area contributed by atoms with Crippen LogP contribution in [0, 0.1) is 17.3 Å². The third kappa shape index (κ3) is 4.33. The highest BCUT2D eigenvalue weighted by Gasteiger charge is 2.32. The molecule has 1 fully saturated rings. The summed E-state index contributed by atoms with van der Waals surface area (Å²) < 4.78 is 0. The molecule has 0 saturated carbocycles. The molecule has 1 aromatic rings. The Morgan fingerprint density at radius 2 is 1.76 bits per heavy atom. The summed E-state index contributed by atoms with van der Waals surface area (Å²) in [6.45, 7) is 10.4. The van der Waals surface area contributed by atoms with E-state index < -0.39 is 0 Å². The average Bonchev–Trinajstić information content (AvgIpc) is 2.46. The number of hydrogen-bond acceptors (Lipinski definition) is 1. The molecule has 1 unspecified atom stereocenters. The van der Waals surface area contributed by atoms with Crippen LogP contribution < -0.4 is 0 Å². The van der Waals surface area contributed by atoms with E-state index in [4.69, 9.17) is 0 Å². The zero-order chi connectivity index (χ0) is 15.5. The van der Waals surface area contributed by atoms with E-state index in [1.54, 1.807) is 0 Å². The Hall–Kier alpha value is -1.31. The first kappa shape index (κ1) is 16.1. The van der Waals surface area contributed by atoms with Gasteiger partial charge in [0, 0.05) is 19.0 Å². The number of carbonyl (C=O) groups excluding carboxylic acids is 1.